The van der Waals surface area contributed by atoms with Crippen molar-refractivity contribution in [2.45, 2.75) is 11.4 Å². The van der Waals surface area contributed by atoms with Crippen molar-refractivity contribution in [2.24, 2.45) is 0 Å². The third-order valence-corrected chi connectivity index (χ3v) is 5.22. The molecule has 1 heterocycles. The van der Waals surface area contributed by atoms with Gasteiger partial charge in [0.05, 0.1) is 11.2 Å². The van der Waals surface area contributed by atoms with Crippen molar-refractivity contribution in [3.05, 3.63) is 82.4 Å². The normalized spacial score (nSPS) is 11.3. The van der Waals surface area contributed by atoms with Gasteiger partial charge in [-0.15, -0.1) is 0 Å². The van der Waals surface area contributed by atoms with Crippen LogP contribution in [-0.4, -0.2) is 23.9 Å². The minimum Gasteiger partial charge on any atom is -0.332 e. The number of nitrogens with one attached hydrogen (secondary N) is 1. The first-order chi connectivity index (χ1) is 12.3. The second-order valence-electron chi connectivity index (χ2n) is 5.46. The van der Waals surface area contributed by atoms with Crippen molar-refractivity contribution in [3.8, 4) is 0 Å². The predicted molar refractivity (Wildman–Crippen MR) is 98.9 cm³/mol. The molecule has 1 aromatic heterocycles. The van der Waals surface area contributed by atoms with Crippen LogP contribution < -0.4 is 4.72 Å². The summed E-state index contributed by atoms with van der Waals surface area (Å²) in [6, 6.07) is 12.7. The Hall–Kier alpha value is -2.35. The van der Waals surface area contributed by atoms with Gasteiger partial charge < -0.3 is 4.57 Å². The van der Waals surface area contributed by atoms with E-state index in [1.807, 2.05) is 4.72 Å². The second kappa shape index (κ2) is 7.49. The van der Waals surface area contributed by atoms with Crippen molar-refractivity contribution in [1.29, 1.82) is 0 Å². The summed E-state index contributed by atoms with van der Waals surface area (Å²) >= 11 is 11.9. The van der Waals surface area contributed by atoms with Crippen LogP contribution in [0.4, 0.5) is 0 Å². The molecular formula is C17H13Cl2N3O3S. The molecule has 9 heteroatoms. The molecule has 0 atom stereocenters. The maximum Gasteiger partial charge on any atom is 0.285 e. The number of imidazole rings is 1. The number of halogens is 2. The van der Waals surface area contributed by atoms with E-state index in [1.54, 1.807) is 41.0 Å². The highest BCUT2D eigenvalue weighted by Gasteiger charge is 2.20. The number of sulfonamides is 1. The lowest BCUT2D eigenvalue weighted by molar-refractivity contribution is 0.0977. The number of rotatable bonds is 5. The van der Waals surface area contributed by atoms with Gasteiger partial charge in [-0.3, -0.25) is 4.79 Å². The summed E-state index contributed by atoms with van der Waals surface area (Å²) in [5.74, 6) is -0.809. The fourth-order valence-electron chi connectivity index (χ4n) is 2.31. The average Bonchev–Trinajstić information content (AvgIpc) is 3.03. The molecule has 0 saturated carbocycles. The zero-order valence-electron chi connectivity index (χ0n) is 13.3. The number of nitrogens with zero attached hydrogens (tertiary/aromatic N) is 2. The standard InChI is InChI=1S/C17H13Cl2N3O3S/c18-13-6-12(7-14(19)8-13)9-22-10-16(20-11-22)17(23)21-26(24,25)15-4-2-1-3-5-15/h1-8,10-11H,9H2,(H,21,23). The molecule has 3 aromatic rings. The average molecular weight is 410 g/mol. The van der Waals surface area contributed by atoms with Crippen molar-refractivity contribution >= 4 is 39.1 Å². The second-order valence-corrected chi connectivity index (χ2v) is 8.01. The van der Waals surface area contributed by atoms with Gasteiger partial charge in [-0.05, 0) is 35.9 Å². The van der Waals surface area contributed by atoms with Crippen LogP contribution in [0.3, 0.4) is 0 Å². The maximum absolute atomic E-state index is 12.2. The van der Waals surface area contributed by atoms with Gasteiger partial charge in [0, 0.05) is 22.8 Å². The highest BCUT2D eigenvalue weighted by Crippen LogP contribution is 2.20. The molecular weight excluding hydrogens is 397 g/mol. The monoisotopic (exact) mass is 409 g/mol. The Kier molecular flexibility index (Phi) is 5.31. The third kappa shape index (κ3) is 4.43. The van der Waals surface area contributed by atoms with Gasteiger partial charge in [0.25, 0.3) is 15.9 Å². The molecule has 0 bridgehead atoms. The summed E-state index contributed by atoms with van der Waals surface area (Å²) in [5, 5.41) is 0.999. The molecule has 2 aromatic carbocycles. The van der Waals surface area contributed by atoms with Gasteiger partial charge in [0.2, 0.25) is 0 Å². The molecule has 6 nitrogen and oxygen atoms in total. The van der Waals surface area contributed by atoms with Crippen LogP contribution in [0.15, 0.2) is 66.0 Å². The largest absolute Gasteiger partial charge is 0.332 e. The maximum atomic E-state index is 12.2. The summed E-state index contributed by atoms with van der Waals surface area (Å²) in [6.45, 7) is 0.381. The number of benzene rings is 2. The number of hydrogen-bond donors (Lipinski definition) is 1. The fraction of sp³-hybridized carbons (Fsp3) is 0.0588. The van der Waals surface area contributed by atoms with Gasteiger partial charge in [-0.2, -0.15) is 0 Å². The number of amides is 1. The summed E-state index contributed by atoms with van der Waals surface area (Å²) in [6.07, 6.45) is 2.88. The summed E-state index contributed by atoms with van der Waals surface area (Å²) in [4.78, 5) is 16.2. The Labute approximate surface area is 160 Å². The van der Waals surface area contributed by atoms with Gasteiger partial charge in [-0.1, -0.05) is 41.4 Å². The number of carbonyl (C=O) groups excluding carboxylic acids is 1. The van der Waals surface area contributed by atoms with Crippen LogP contribution in [-0.2, 0) is 16.6 Å². The van der Waals surface area contributed by atoms with Crippen molar-refractivity contribution < 1.29 is 13.2 Å². The van der Waals surface area contributed by atoms with E-state index in [-0.39, 0.29) is 10.6 Å². The highest BCUT2D eigenvalue weighted by atomic mass is 35.5. The van der Waals surface area contributed by atoms with Crippen LogP contribution in [0.1, 0.15) is 16.1 Å². The van der Waals surface area contributed by atoms with E-state index < -0.39 is 15.9 Å². The Bertz CT molecular complexity index is 1030. The van der Waals surface area contributed by atoms with E-state index in [4.69, 9.17) is 23.2 Å². The molecule has 0 unspecified atom stereocenters. The quantitative estimate of drug-likeness (QED) is 0.700. The van der Waals surface area contributed by atoms with Crippen LogP contribution >= 0.6 is 23.2 Å². The van der Waals surface area contributed by atoms with E-state index in [9.17, 15) is 13.2 Å². The number of carbonyl (C=O) groups is 1. The molecule has 1 N–H and O–H groups in total. The topological polar surface area (TPSA) is 81.1 Å². The van der Waals surface area contributed by atoms with E-state index in [1.165, 1.54) is 24.7 Å². The molecule has 0 radical (unpaired) electrons. The Morgan fingerprint density at radius 1 is 1.08 bits per heavy atom. The summed E-state index contributed by atoms with van der Waals surface area (Å²) < 4.78 is 28.0. The Balaban J connectivity index is 1.74. The lowest BCUT2D eigenvalue weighted by atomic mass is 10.2. The van der Waals surface area contributed by atoms with Crippen molar-refractivity contribution in [3.63, 3.8) is 0 Å². The molecule has 134 valence electrons. The minimum absolute atomic E-state index is 0.00125. The zero-order valence-corrected chi connectivity index (χ0v) is 15.6. The molecule has 0 fully saturated rings. The van der Waals surface area contributed by atoms with E-state index in [2.05, 4.69) is 4.98 Å². The van der Waals surface area contributed by atoms with Gasteiger partial charge in [0.15, 0.2) is 0 Å². The van der Waals surface area contributed by atoms with Crippen LogP contribution in [0.25, 0.3) is 0 Å². The first-order valence-corrected chi connectivity index (χ1v) is 9.66. The molecule has 0 aliphatic rings. The van der Waals surface area contributed by atoms with Gasteiger partial charge >= 0.3 is 0 Å². The fourth-order valence-corrected chi connectivity index (χ4v) is 3.86. The minimum atomic E-state index is -3.95. The molecule has 0 aliphatic heterocycles. The summed E-state index contributed by atoms with van der Waals surface area (Å²) in [7, 11) is -3.95. The predicted octanol–water partition coefficient (Wildman–Crippen LogP) is 3.36. The van der Waals surface area contributed by atoms with E-state index >= 15 is 0 Å². The van der Waals surface area contributed by atoms with Crippen LogP contribution in [0, 0.1) is 0 Å². The van der Waals surface area contributed by atoms with E-state index in [0.29, 0.717) is 16.6 Å². The number of aromatic nitrogens is 2. The molecule has 0 aliphatic carbocycles. The van der Waals surface area contributed by atoms with Gasteiger partial charge in [0.1, 0.15) is 5.69 Å². The zero-order chi connectivity index (χ0) is 18.7. The van der Waals surface area contributed by atoms with Crippen molar-refractivity contribution in [1.82, 2.24) is 14.3 Å². The van der Waals surface area contributed by atoms with Gasteiger partial charge in [-0.25, -0.2) is 18.1 Å². The first-order valence-electron chi connectivity index (χ1n) is 7.42. The molecule has 26 heavy (non-hydrogen) atoms. The Morgan fingerprint density at radius 2 is 1.73 bits per heavy atom. The van der Waals surface area contributed by atoms with Crippen LogP contribution in [0.5, 0.6) is 0 Å². The van der Waals surface area contributed by atoms with E-state index in [0.717, 1.165) is 5.56 Å². The SMILES string of the molecule is O=C(NS(=O)(=O)c1ccccc1)c1cn(Cc2cc(Cl)cc(Cl)c2)cn1. The first kappa shape index (κ1) is 18.4. The number of hydrogen-bond acceptors (Lipinski definition) is 4. The molecule has 0 saturated heterocycles. The lowest BCUT2D eigenvalue weighted by Gasteiger charge is -2.05. The molecule has 3 rings (SSSR count). The highest BCUT2D eigenvalue weighted by molar-refractivity contribution is 7.90. The van der Waals surface area contributed by atoms with Crippen LogP contribution in [0.2, 0.25) is 10.0 Å². The Morgan fingerprint density at radius 3 is 2.38 bits per heavy atom. The summed E-state index contributed by atoms with van der Waals surface area (Å²) in [5.41, 5.74) is 0.807. The third-order valence-electron chi connectivity index (χ3n) is 3.43. The smallest absolute Gasteiger partial charge is 0.285 e. The lowest BCUT2D eigenvalue weighted by Crippen LogP contribution is -2.30. The molecule has 1 amide bonds. The molecule has 0 spiro atoms. The van der Waals surface area contributed by atoms with Crippen molar-refractivity contribution in [2.75, 3.05) is 0 Å².